The Hall–Kier alpha value is -1.93. The fraction of sp³-hybridized carbons (Fsp3) is 0.462. The molecule has 1 aromatic rings. The molecule has 0 radical (unpaired) electrons. The molecule has 21 heavy (non-hydrogen) atoms. The van der Waals surface area contributed by atoms with Crippen molar-refractivity contribution in [3.8, 4) is 0 Å². The van der Waals surface area contributed by atoms with Crippen LogP contribution in [-0.4, -0.2) is 37.5 Å². The minimum atomic E-state index is -0.575. The largest absolute Gasteiger partial charge is 0.466 e. The Morgan fingerprint density at radius 3 is 2.81 bits per heavy atom. The standard InChI is InChI=1S/C13H19N3O4S/c1-2-20-11(18)4-3-6-15-8-10(17)16-13-9(12(14)19)5-7-21-13/h5,7,15H,2-4,6,8H2,1H3,(H2,14,19)(H,16,17). The summed E-state index contributed by atoms with van der Waals surface area (Å²) < 4.78 is 4.79. The SMILES string of the molecule is CCOC(=O)CCCNCC(=O)Nc1sccc1C(N)=O. The van der Waals surface area contributed by atoms with Crippen molar-refractivity contribution in [2.24, 2.45) is 5.73 Å². The van der Waals surface area contributed by atoms with Crippen LogP contribution >= 0.6 is 11.3 Å². The third-order valence-electron chi connectivity index (χ3n) is 2.51. The van der Waals surface area contributed by atoms with Crippen LogP contribution in [-0.2, 0) is 14.3 Å². The van der Waals surface area contributed by atoms with Crippen molar-refractivity contribution in [3.63, 3.8) is 0 Å². The molecular weight excluding hydrogens is 294 g/mol. The molecule has 4 N–H and O–H groups in total. The van der Waals surface area contributed by atoms with Gasteiger partial charge in [-0.2, -0.15) is 0 Å². The smallest absolute Gasteiger partial charge is 0.305 e. The van der Waals surface area contributed by atoms with Gasteiger partial charge in [0.25, 0.3) is 5.91 Å². The zero-order chi connectivity index (χ0) is 15.7. The van der Waals surface area contributed by atoms with Crippen molar-refractivity contribution < 1.29 is 19.1 Å². The molecule has 0 saturated carbocycles. The lowest BCUT2D eigenvalue weighted by atomic mass is 10.3. The van der Waals surface area contributed by atoms with Gasteiger partial charge in [0.15, 0.2) is 0 Å². The number of nitrogens with one attached hydrogen (secondary N) is 2. The second kappa shape index (κ2) is 9.09. The Kier molecular flexibility index (Phi) is 7.41. The number of thiophene rings is 1. The van der Waals surface area contributed by atoms with Crippen molar-refractivity contribution in [2.75, 3.05) is 25.0 Å². The quantitative estimate of drug-likeness (QED) is 0.459. The summed E-state index contributed by atoms with van der Waals surface area (Å²) in [6, 6.07) is 1.56. The van der Waals surface area contributed by atoms with Gasteiger partial charge in [0.1, 0.15) is 5.00 Å². The highest BCUT2D eigenvalue weighted by molar-refractivity contribution is 7.14. The molecular formula is C13H19N3O4S. The lowest BCUT2D eigenvalue weighted by molar-refractivity contribution is -0.143. The zero-order valence-electron chi connectivity index (χ0n) is 11.8. The highest BCUT2D eigenvalue weighted by atomic mass is 32.1. The number of rotatable bonds is 9. The van der Waals surface area contributed by atoms with Crippen LogP contribution in [0.4, 0.5) is 5.00 Å². The molecule has 8 heteroatoms. The van der Waals surface area contributed by atoms with Crippen LogP contribution in [0.3, 0.4) is 0 Å². The van der Waals surface area contributed by atoms with E-state index in [1.165, 1.54) is 11.3 Å². The van der Waals surface area contributed by atoms with Gasteiger partial charge in [0.05, 0.1) is 18.7 Å². The molecule has 7 nitrogen and oxygen atoms in total. The number of carbonyl (C=O) groups is 3. The minimum Gasteiger partial charge on any atom is -0.466 e. The van der Waals surface area contributed by atoms with Crippen molar-refractivity contribution >= 4 is 34.1 Å². The third kappa shape index (κ3) is 6.37. The molecule has 0 aliphatic carbocycles. The maximum atomic E-state index is 11.7. The summed E-state index contributed by atoms with van der Waals surface area (Å²) in [5.74, 6) is -1.08. The molecule has 116 valence electrons. The van der Waals surface area contributed by atoms with E-state index >= 15 is 0 Å². The highest BCUT2D eigenvalue weighted by Crippen LogP contribution is 2.22. The Balaban J connectivity index is 2.21. The predicted molar refractivity (Wildman–Crippen MR) is 80.2 cm³/mol. The first kappa shape index (κ1) is 17.1. The number of hydrogen-bond donors (Lipinski definition) is 3. The summed E-state index contributed by atoms with van der Waals surface area (Å²) in [7, 11) is 0. The van der Waals surface area contributed by atoms with Gasteiger partial charge in [-0.15, -0.1) is 11.3 Å². The molecule has 2 amide bonds. The van der Waals surface area contributed by atoms with Gasteiger partial charge in [-0.05, 0) is 31.3 Å². The predicted octanol–water partition coefficient (Wildman–Crippen LogP) is 0.718. The second-order valence-electron chi connectivity index (χ2n) is 4.16. The molecule has 0 aromatic carbocycles. The summed E-state index contributed by atoms with van der Waals surface area (Å²) >= 11 is 1.24. The van der Waals surface area contributed by atoms with E-state index in [2.05, 4.69) is 10.6 Å². The summed E-state index contributed by atoms with van der Waals surface area (Å²) in [6.07, 6.45) is 0.914. The van der Waals surface area contributed by atoms with Gasteiger partial charge in [-0.1, -0.05) is 0 Å². The first-order valence-electron chi connectivity index (χ1n) is 6.58. The highest BCUT2D eigenvalue weighted by Gasteiger charge is 2.12. The second-order valence-corrected chi connectivity index (χ2v) is 5.08. The monoisotopic (exact) mass is 313 g/mol. The number of nitrogens with two attached hydrogens (primary N) is 1. The van der Waals surface area contributed by atoms with Gasteiger partial charge in [-0.3, -0.25) is 14.4 Å². The van der Waals surface area contributed by atoms with E-state index in [1.54, 1.807) is 18.4 Å². The van der Waals surface area contributed by atoms with Crippen LogP contribution in [0.2, 0.25) is 0 Å². The van der Waals surface area contributed by atoms with Crippen LogP contribution in [0.1, 0.15) is 30.1 Å². The lowest BCUT2D eigenvalue weighted by Gasteiger charge is -2.06. The normalized spacial score (nSPS) is 10.1. The van der Waals surface area contributed by atoms with E-state index in [-0.39, 0.29) is 18.4 Å². The lowest BCUT2D eigenvalue weighted by Crippen LogP contribution is -2.29. The van der Waals surface area contributed by atoms with E-state index in [0.717, 1.165) is 0 Å². The first-order valence-corrected chi connectivity index (χ1v) is 7.46. The summed E-state index contributed by atoms with van der Waals surface area (Å²) in [5.41, 5.74) is 5.49. The summed E-state index contributed by atoms with van der Waals surface area (Å²) in [5, 5.41) is 7.66. The van der Waals surface area contributed by atoms with E-state index in [0.29, 0.717) is 36.6 Å². The third-order valence-corrected chi connectivity index (χ3v) is 3.34. The Morgan fingerprint density at radius 2 is 2.14 bits per heavy atom. The molecule has 0 spiro atoms. The number of ether oxygens (including phenoxy) is 1. The Bertz CT molecular complexity index is 501. The van der Waals surface area contributed by atoms with Crippen LogP contribution in [0.25, 0.3) is 0 Å². The summed E-state index contributed by atoms with van der Waals surface area (Å²) in [6.45, 7) is 2.75. The number of amides is 2. The van der Waals surface area contributed by atoms with Crippen LogP contribution in [0.5, 0.6) is 0 Å². The van der Waals surface area contributed by atoms with Crippen LogP contribution in [0.15, 0.2) is 11.4 Å². The number of anilines is 1. The van der Waals surface area contributed by atoms with Gasteiger partial charge in [0.2, 0.25) is 5.91 Å². The number of carbonyl (C=O) groups excluding carboxylic acids is 3. The zero-order valence-corrected chi connectivity index (χ0v) is 12.6. The van der Waals surface area contributed by atoms with Gasteiger partial charge < -0.3 is 21.1 Å². The molecule has 1 rings (SSSR count). The fourth-order valence-electron chi connectivity index (χ4n) is 1.56. The Morgan fingerprint density at radius 1 is 1.38 bits per heavy atom. The number of primary amides is 1. The van der Waals surface area contributed by atoms with E-state index in [9.17, 15) is 14.4 Å². The molecule has 0 fully saturated rings. The topological polar surface area (TPSA) is 111 Å². The molecule has 0 unspecified atom stereocenters. The van der Waals surface area contributed by atoms with Gasteiger partial charge in [-0.25, -0.2) is 0 Å². The maximum Gasteiger partial charge on any atom is 0.305 e. The number of esters is 1. The molecule has 0 saturated heterocycles. The van der Waals surface area contributed by atoms with E-state index in [1.807, 2.05) is 0 Å². The van der Waals surface area contributed by atoms with E-state index < -0.39 is 5.91 Å². The molecule has 1 heterocycles. The van der Waals surface area contributed by atoms with Crippen LogP contribution < -0.4 is 16.4 Å². The Labute approximate surface area is 126 Å². The van der Waals surface area contributed by atoms with Gasteiger partial charge in [0, 0.05) is 6.42 Å². The van der Waals surface area contributed by atoms with Crippen molar-refractivity contribution in [1.82, 2.24) is 5.32 Å². The van der Waals surface area contributed by atoms with E-state index in [4.69, 9.17) is 10.5 Å². The fourth-order valence-corrected chi connectivity index (χ4v) is 2.37. The van der Waals surface area contributed by atoms with Crippen molar-refractivity contribution in [3.05, 3.63) is 17.0 Å². The summed E-state index contributed by atoms with van der Waals surface area (Å²) in [4.78, 5) is 33.9. The average molecular weight is 313 g/mol. The van der Waals surface area contributed by atoms with Gasteiger partial charge >= 0.3 is 5.97 Å². The average Bonchev–Trinajstić information content (AvgIpc) is 2.86. The molecule has 0 aliphatic rings. The molecule has 1 aromatic heterocycles. The maximum absolute atomic E-state index is 11.7. The number of hydrogen-bond acceptors (Lipinski definition) is 6. The van der Waals surface area contributed by atoms with Crippen molar-refractivity contribution in [2.45, 2.75) is 19.8 Å². The van der Waals surface area contributed by atoms with Crippen LogP contribution in [0, 0.1) is 0 Å². The van der Waals surface area contributed by atoms with Crippen molar-refractivity contribution in [1.29, 1.82) is 0 Å². The molecule has 0 atom stereocenters. The minimum absolute atomic E-state index is 0.0962. The molecule has 0 aliphatic heterocycles. The molecule has 0 bridgehead atoms. The first-order chi connectivity index (χ1) is 10.0.